The fraction of sp³-hybridized carbons (Fsp3) is 0.917. The summed E-state index contributed by atoms with van der Waals surface area (Å²) in [6.45, 7) is 8.52. The van der Waals surface area contributed by atoms with E-state index in [0.29, 0.717) is 26.2 Å². The number of amides is 1. The maximum Gasteiger partial charge on any atom is 0.221 e. The quantitative estimate of drug-likeness (QED) is 0.720. The summed E-state index contributed by atoms with van der Waals surface area (Å²) in [6.07, 6.45) is 1.47. The number of hydrogen-bond acceptors (Lipinski definition) is 4. The second-order valence-corrected chi connectivity index (χ2v) is 4.77. The van der Waals surface area contributed by atoms with Crippen molar-refractivity contribution in [2.75, 3.05) is 26.3 Å². The predicted octanol–water partition coefficient (Wildman–Crippen LogP) is 0.644. The molecule has 1 fully saturated rings. The van der Waals surface area contributed by atoms with Gasteiger partial charge in [-0.3, -0.25) is 4.79 Å². The van der Waals surface area contributed by atoms with Crippen LogP contribution in [-0.4, -0.2) is 44.0 Å². The number of rotatable bonds is 6. The molecule has 1 saturated heterocycles. The van der Waals surface area contributed by atoms with Gasteiger partial charge in [-0.1, -0.05) is 6.92 Å². The predicted molar refractivity (Wildman–Crippen MR) is 65.7 cm³/mol. The molecule has 0 spiro atoms. The lowest BCUT2D eigenvalue weighted by Gasteiger charge is -2.35. The van der Waals surface area contributed by atoms with Crippen LogP contribution in [-0.2, 0) is 14.3 Å². The summed E-state index contributed by atoms with van der Waals surface area (Å²) in [5.41, 5.74) is 0. The molecule has 1 aliphatic rings. The molecule has 0 saturated carbocycles. The zero-order valence-electron chi connectivity index (χ0n) is 11.0. The average Bonchev–Trinajstić information content (AvgIpc) is 2.29. The van der Waals surface area contributed by atoms with E-state index < -0.39 is 5.79 Å². The molecule has 0 bridgehead atoms. The second kappa shape index (κ2) is 6.93. The van der Waals surface area contributed by atoms with Crippen LogP contribution in [0.3, 0.4) is 0 Å². The normalized spacial score (nSPS) is 20.2. The molecule has 0 aromatic carbocycles. The van der Waals surface area contributed by atoms with Crippen LogP contribution in [0.5, 0.6) is 0 Å². The minimum absolute atomic E-state index is 0.0947. The molecule has 0 aromatic heterocycles. The summed E-state index contributed by atoms with van der Waals surface area (Å²) in [4.78, 5) is 11.3. The van der Waals surface area contributed by atoms with E-state index in [1.165, 1.54) is 0 Å². The molecule has 17 heavy (non-hydrogen) atoms. The lowest BCUT2D eigenvalue weighted by atomic mass is 10.2. The van der Waals surface area contributed by atoms with Crippen LogP contribution in [0.2, 0.25) is 0 Å². The van der Waals surface area contributed by atoms with Crippen molar-refractivity contribution < 1.29 is 14.3 Å². The monoisotopic (exact) mass is 244 g/mol. The largest absolute Gasteiger partial charge is 0.356 e. The van der Waals surface area contributed by atoms with Crippen molar-refractivity contribution >= 4 is 5.91 Å². The van der Waals surface area contributed by atoms with E-state index >= 15 is 0 Å². The third-order valence-electron chi connectivity index (χ3n) is 2.62. The first kappa shape index (κ1) is 14.4. The highest BCUT2D eigenvalue weighted by Crippen LogP contribution is 2.16. The van der Waals surface area contributed by atoms with Crippen LogP contribution in [0.25, 0.3) is 0 Å². The number of carbonyl (C=O) groups is 1. The van der Waals surface area contributed by atoms with Gasteiger partial charge in [0, 0.05) is 19.5 Å². The van der Waals surface area contributed by atoms with E-state index in [-0.39, 0.29) is 11.9 Å². The Morgan fingerprint density at radius 3 is 2.53 bits per heavy atom. The van der Waals surface area contributed by atoms with E-state index in [1.54, 1.807) is 0 Å². The lowest BCUT2D eigenvalue weighted by molar-refractivity contribution is -0.252. The molecule has 2 N–H and O–H groups in total. The topological polar surface area (TPSA) is 59.6 Å². The van der Waals surface area contributed by atoms with Crippen LogP contribution >= 0.6 is 0 Å². The molecule has 1 aliphatic heterocycles. The summed E-state index contributed by atoms with van der Waals surface area (Å²) in [7, 11) is 0. The molecule has 5 heteroatoms. The fourth-order valence-electron chi connectivity index (χ4n) is 1.55. The van der Waals surface area contributed by atoms with Gasteiger partial charge < -0.3 is 20.1 Å². The van der Waals surface area contributed by atoms with Gasteiger partial charge in [0.2, 0.25) is 5.91 Å². The number of hydrogen-bond donors (Lipinski definition) is 2. The van der Waals surface area contributed by atoms with Gasteiger partial charge in [0.15, 0.2) is 5.79 Å². The van der Waals surface area contributed by atoms with E-state index in [4.69, 9.17) is 9.47 Å². The smallest absolute Gasteiger partial charge is 0.221 e. The van der Waals surface area contributed by atoms with Gasteiger partial charge in [0.1, 0.15) is 0 Å². The van der Waals surface area contributed by atoms with Gasteiger partial charge in [-0.05, 0) is 20.3 Å². The third-order valence-corrected chi connectivity index (χ3v) is 2.62. The number of carbonyl (C=O) groups excluding carboxylic acids is 1. The van der Waals surface area contributed by atoms with Crippen LogP contribution in [0.15, 0.2) is 0 Å². The van der Waals surface area contributed by atoms with Gasteiger partial charge in [-0.2, -0.15) is 0 Å². The van der Waals surface area contributed by atoms with Crippen molar-refractivity contribution in [1.82, 2.24) is 10.6 Å². The lowest BCUT2D eigenvalue weighted by Crippen LogP contribution is -2.49. The van der Waals surface area contributed by atoms with Gasteiger partial charge >= 0.3 is 0 Å². The second-order valence-electron chi connectivity index (χ2n) is 4.77. The molecule has 5 nitrogen and oxygen atoms in total. The molecule has 1 amide bonds. The van der Waals surface area contributed by atoms with Crippen LogP contribution in [0.4, 0.5) is 0 Å². The molecule has 0 aliphatic carbocycles. The van der Waals surface area contributed by atoms with Crippen LogP contribution in [0.1, 0.15) is 33.6 Å². The highest BCUT2D eigenvalue weighted by molar-refractivity contribution is 5.75. The van der Waals surface area contributed by atoms with Crippen molar-refractivity contribution in [1.29, 1.82) is 0 Å². The summed E-state index contributed by atoms with van der Waals surface area (Å²) in [6, 6.07) is 0.182. The molecular weight excluding hydrogens is 220 g/mol. The Balaban J connectivity index is 2.06. The van der Waals surface area contributed by atoms with Gasteiger partial charge in [0.05, 0.1) is 19.3 Å². The van der Waals surface area contributed by atoms with Crippen molar-refractivity contribution in [2.45, 2.75) is 45.4 Å². The Hall–Kier alpha value is -0.650. The molecule has 0 unspecified atom stereocenters. The van der Waals surface area contributed by atoms with Gasteiger partial charge in [-0.15, -0.1) is 0 Å². The third kappa shape index (κ3) is 6.00. The standard InChI is InChI=1S/C12H24N2O3/c1-4-6-14-11(15)5-7-13-10-8-16-12(2,3)17-9-10/h10,13H,4-9H2,1-3H3,(H,14,15). The minimum Gasteiger partial charge on any atom is -0.356 e. The van der Waals surface area contributed by atoms with Crippen molar-refractivity contribution in [3.63, 3.8) is 0 Å². The maximum absolute atomic E-state index is 11.3. The summed E-state index contributed by atoms with van der Waals surface area (Å²) in [5, 5.41) is 6.10. The molecule has 0 aromatic rings. The van der Waals surface area contributed by atoms with Crippen LogP contribution < -0.4 is 10.6 Å². The fourth-order valence-corrected chi connectivity index (χ4v) is 1.55. The van der Waals surface area contributed by atoms with Crippen LogP contribution in [0, 0.1) is 0 Å². The summed E-state index contributed by atoms with van der Waals surface area (Å²) < 4.78 is 11.0. The van der Waals surface area contributed by atoms with Crippen molar-refractivity contribution in [3.8, 4) is 0 Å². The Kier molecular flexibility index (Phi) is 5.88. The Bertz CT molecular complexity index is 234. The highest BCUT2D eigenvalue weighted by atomic mass is 16.7. The van der Waals surface area contributed by atoms with Crippen molar-refractivity contribution in [3.05, 3.63) is 0 Å². The van der Waals surface area contributed by atoms with E-state index in [1.807, 2.05) is 20.8 Å². The van der Waals surface area contributed by atoms with E-state index in [2.05, 4.69) is 10.6 Å². The Labute approximate surface area is 103 Å². The van der Waals surface area contributed by atoms with Gasteiger partial charge in [-0.25, -0.2) is 0 Å². The highest BCUT2D eigenvalue weighted by Gasteiger charge is 2.27. The van der Waals surface area contributed by atoms with Crippen molar-refractivity contribution in [2.24, 2.45) is 0 Å². The summed E-state index contributed by atoms with van der Waals surface area (Å²) >= 11 is 0. The molecular formula is C12H24N2O3. The average molecular weight is 244 g/mol. The first-order valence-electron chi connectivity index (χ1n) is 6.31. The number of ether oxygens (including phenoxy) is 2. The first-order valence-corrected chi connectivity index (χ1v) is 6.31. The molecule has 1 rings (SSSR count). The maximum atomic E-state index is 11.3. The SMILES string of the molecule is CCCNC(=O)CCNC1COC(C)(C)OC1. The Morgan fingerprint density at radius 1 is 1.29 bits per heavy atom. The summed E-state index contributed by atoms with van der Waals surface area (Å²) in [5.74, 6) is -0.381. The number of nitrogens with one attached hydrogen (secondary N) is 2. The van der Waals surface area contributed by atoms with Gasteiger partial charge in [0.25, 0.3) is 0 Å². The zero-order chi connectivity index (χ0) is 12.7. The molecule has 0 radical (unpaired) electrons. The van der Waals surface area contributed by atoms with E-state index in [9.17, 15) is 4.79 Å². The molecule has 0 atom stereocenters. The zero-order valence-corrected chi connectivity index (χ0v) is 11.0. The molecule has 1 heterocycles. The molecule has 100 valence electrons. The first-order chi connectivity index (χ1) is 8.03. The van der Waals surface area contributed by atoms with E-state index in [0.717, 1.165) is 13.0 Å². The Morgan fingerprint density at radius 2 is 1.94 bits per heavy atom. The minimum atomic E-state index is -0.476.